The van der Waals surface area contributed by atoms with Crippen LogP contribution in [0.2, 0.25) is 0 Å². The lowest BCUT2D eigenvalue weighted by atomic mass is 9.97. The lowest BCUT2D eigenvalue weighted by Gasteiger charge is -2.10. The first-order chi connectivity index (χ1) is 46.8. The van der Waals surface area contributed by atoms with E-state index in [9.17, 15) is 0 Å². The number of nitrogens with zero attached hydrogens (tertiary/aromatic N) is 6. The van der Waals surface area contributed by atoms with Crippen molar-refractivity contribution in [3.63, 3.8) is 0 Å². The average molecular weight is 1240 g/mol. The molecule has 0 bridgehead atoms. The Morgan fingerprint density at radius 2 is 0.591 bits per heavy atom. The van der Waals surface area contributed by atoms with E-state index in [0.717, 1.165) is 28.1 Å². The maximum Gasteiger partial charge on any atom is 0.215 e. The van der Waals surface area contributed by atoms with Crippen LogP contribution in [-0.2, 0) is 42.3 Å². The number of benzene rings is 6. The summed E-state index contributed by atoms with van der Waals surface area (Å²) in [5.41, 5.74) is 32.0. The van der Waals surface area contributed by atoms with Crippen molar-refractivity contribution in [2.75, 3.05) is 0 Å². The molecule has 0 aliphatic carbocycles. The van der Waals surface area contributed by atoms with Crippen LogP contribution in [0.4, 0.5) is 0 Å². The fourth-order valence-corrected chi connectivity index (χ4v) is 11.6. The van der Waals surface area contributed by atoms with Crippen molar-refractivity contribution >= 4 is 0 Å². The molecule has 0 spiro atoms. The van der Waals surface area contributed by atoms with Gasteiger partial charge in [0.15, 0.2) is 37.2 Å². The van der Waals surface area contributed by atoms with E-state index in [1.54, 1.807) is 18.5 Å². The Bertz CT molecular complexity index is 4660. The third-order valence-electron chi connectivity index (χ3n) is 17.3. The van der Waals surface area contributed by atoms with Gasteiger partial charge >= 0.3 is 0 Å². The fourth-order valence-electron chi connectivity index (χ4n) is 11.6. The van der Waals surface area contributed by atoms with E-state index in [1.165, 1.54) is 112 Å². The zero-order valence-electron chi connectivity index (χ0n) is 64.7. The van der Waals surface area contributed by atoms with Gasteiger partial charge in [0.2, 0.25) is 34.2 Å². The maximum absolute atomic E-state index is 7.55. The molecule has 6 nitrogen and oxygen atoms in total. The van der Waals surface area contributed by atoms with Crippen LogP contribution in [-0.4, -0.2) is 0 Å². The van der Waals surface area contributed by atoms with Crippen LogP contribution < -0.4 is 27.4 Å². The number of pyridine rings is 6. The van der Waals surface area contributed by atoms with Crippen LogP contribution in [0.15, 0.2) is 237 Å². The third kappa shape index (κ3) is 18.5. The molecule has 6 aromatic heterocycles. The van der Waals surface area contributed by atoms with Gasteiger partial charge in [-0.1, -0.05) is 109 Å². The maximum atomic E-state index is 7.55. The highest BCUT2D eigenvalue weighted by Crippen LogP contribution is 2.28. The van der Waals surface area contributed by atoms with Crippen LogP contribution in [0, 0.1) is 104 Å². The number of hydrogen-bond acceptors (Lipinski definition) is 0. The Hall–Kier alpha value is -9.78. The molecule has 12 aromatic rings. The normalized spacial score (nSPS) is 11.6. The molecule has 0 aliphatic heterocycles. The second kappa shape index (κ2) is 33.0. The van der Waals surface area contributed by atoms with Gasteiger partial charge in [-0.3, -0.25) is 0 Å². The highest BCUT2D eigenvalue weighted by molar-refractivity contribution is 5.67. The SMILES string of the molecule is Cc1cc[n+](C)c(-c2ccccc2C)c1.Cc1cc[n+](C)c(-c2ccccc2C)c1.Cc1ccccc1-c1c(C)c(C)c(C)c[n+]1C.Cc1ccccc1-c1c(C)ccc[n+]1C.[2H]C([2H])([2H])c1c[n+](C)c(-c2ccccc2C)cc1C.[2H]C([2H])([2H])c1ccc(-c2ccccc2C)[n+](C)c1. The Morgan fingerprint density at radius 3 is 0.989 bits per heavy atom. The summed E-state index contributed by atoms with van der Waals surface area (Å²) in [6.07, 6.45) is 11.9. The first-order valence-electron chi connectivity index (χ1n) is 35.0. The van der Waals surface area contributed by atoms with Gasteiger partial charge in [0.05, 0.1) is 0 Å². The standard InChI is InChI=1S/C16H20N.C15H18N.4C14H16N/c1-11-8-6-7-9-15(11)16-14(4)13(3)12(2)10-17(16)5;1-11-7-5-6-8-14(11)15-9-12(2)13(3)10-16(15)4;1-11-7-4-5-9-13(11)14-12(2)8-6-10-15(14)3;2*1-11-8-9-15(3)14(10-11)13-7-5-4-6-12(13)2;1-11-8-9-14(15(3)10-11)13-7-5-4-6-12(13)2/h6-10H,1-5H3;5-10H,1-4H3;4*4-10H,1-3H3/q6*+1/i;3D3;;;;1D3. The minimum atomic E-state index is -2.06. The minimum absolute atomic E-state index is 0.363. The number of rotatable bonds is 6. The first-order valence-corrected chi connectivity index (χ1v) is 32.0. The van der Waals surface area contributed by atoms with Crippen LogP contribution in [0.5, 0.6) is 0 Å². The zero-order valence-corrected chi connectivity index (χ0v) is 58.7. The van der Waals surface area contributed by atoms with E-state index in [4.69, 9.17) is 8.22 Å². The molecule has 0 radical (unpaired) electrons. The van der Waals surface area contributed by atoms with Gasteiger partial charge < -0.3 is 0 Å². The number of hydrogen-bond donors (Lipinski definition) is 0. The molecule has 0 unspecified atom stereocenters. The van der Waals surface area contributed by atoms with Crippen LogP contribution in [0.25, 0.3) is 67.5 Å². The topological polar surface area (TPSA) is 23.3 Å². The summed E-state index contributed by atoms with van der Waals surface area (Å²) in [4.78, 5) is 0. The van der Waals surface area contributed by atoms with Crippen LogP contribution in [0.1, 0.15) is 91.7 Å². The quantitative estimate of drug-likeness (QED) is 0.148. The molecule has 0 saturated heterocycles. The molecule has 0 saturated carbocycles. The van der Waals surface area contributed by atoms with E-state index in [2.05, 4.69) is 293 Å². The molecule has 6 heterocycles. The molecule has 0 amide bonds. The third-order valence-corrected chi connectivity index (χ3v) is 17.3. The molecule has 6 heteroatoms. The van der Waals surface area contributed by atoms with E-state index in [-0.39, 0.29) is 0 Å². The van der Waals surface area contributed by atoms with Crippen LogP contribution >= 0.6 is 0 Å². The monoisotopic (exact) mass is 1240 g/mol. The molecule has 0 N–H and O–H groups in total. The second-order valence-corrected chi connectivity index (χ2v) is 24.7. The molecule has 0 fully saturated rings. The molecular formula is C87H102N6+6. The van der Waals surface area contributed by atoms with Gasteiger partial charge in [0, 0.05) is 112 Å². The Balaban J connectivity index is 0.000000167. The second-order valence-electron chi connectivity index (χ2n) is 24.7. The largest absolute Gasteiger partial charge is 0.215 e. The summed E-state index contributed by atoms with van der Waals surface area (Å²) in [5, 5.41) is 0. The summed E-state index contributed by atoms with van der Waals surface area (Å²) >= 11 is 0. The van der Waals surface area contributed by atoms with Gasteiger partial charge in [0.25, 0.3) is 0 Å². The lowest BCUT2D eigenvalue weighted by molar-refractivity contribution is -0.661. The Morgan fingerprint density at radius 1 is 0.226 bits per heavy atom. The van der Waals surface area contributed by atoms with Crippen molar-refractivity contribution in [1.82, 2.24) is 0 Å². The summed E-state index contributed by atoms with van der Waals surface area (Å²) in [7, 11) is 12.1. The molecule has 0 atom stereocenters. The Kier molecular flexibility index (Phi) is 22.0. The predicted molar refractivity (Wildman–Crippen MR) is 389 cm³/mol. The van der Waals surface area contributed by atoms with E-state index in [0.29, 0.717) is 11.1 Å². The predicted octanol–water partition coefficient (Wildman–Crippen LogP) is 17.7. The van der Waals surface area contributed by atoms with Crippen molar-refractivity contribution < 1.29 is 35.6 Å². The van der Waals surface area contributed by atoms with Gasteiger partial charge in [-0.2, -0.15) is 0 Å². The Labute approximate surface area is 567 Å². The molecule has 0 aliphatic rings. The van der Waals surface area contributed by atoms with Gasteiger partial charge in [0.1, 0.15) is 42.3 Å². The average Bonchev–Trinajstić information content (AvgIpc) is 0.824. The number of aromatic nitrogens is 6. The molecule has 474 valence electrons. The van der Waals surface area contributed by atoms with Crippen molar-refractivity contribution in [3.05, 3.63) is 321 Å². The van der Waals surface area contributed by atoms with E-state index in [1.807, 2.05) is 85.6 Å². The lowest BCUT2D eigenvalue weighted by Crippen LogP contribution is -2.33. The highest BCUT2D eigenvalue weighted by atomic mass is 14.9. The summed E-state index contributed by atoms with van der Waals surface area (Å²) < 4.78 is 57.4. The van der Waals surface area contributed by atoms with Crippen molar-refractivity contribution in [2.24, 2.45) is 42.3 Å². The van der Waals surface area contributed by atoms with Gasteiger partial charge in [-0.05, 0) is 208 Å². The number of aryl methyl sites for hydroxylation is 19. The minimum Gasteiger partial charge on any atom is -0.201 e. The fraction of sp³-hybridized carbons (Fsp3) is 0.241. The van der Waals surface area contributed by atoms with Gasteiger partial charge in [-0.25, -0.2) is 27.4 Å². The van der Waals surface area contributed by atoms with Gasteiger partial charge in [-0.15, -0.1) is 0 Å². The van der Waals surface area contributed by atoms with Crippen molar-refractivity contribution in [2.45, 2.75) is 104 Å². The molecule has 6 aromatic carbocycles. The summed E-state index contributed by atoms with van der Waals surface area (Å²) in [5.74, 6) is 0. The summed E-state index contributed by atoms with van der Waals surface area (Å²) in [6, 6.07) is 68.7. The van der Waals surface area contributed by atoms with E-state index < -0.39 is 13.7 Å². The zero-order chi connectivity index (χ0) is 72.6. The molecule has 93 heavy (non-hydrogen) atoms. The summed E-state index contributed by atoms with van der Waals surface area (Å²) in [6.45, 7) is 23.5. The molecular weight excluding hydrogens is 1130 g/mol. The highest BCUT2D eigenvalue weighted by Gasteiger charge is 2.20. The smallest absolute Gasteiger partial charge is 0.201 e. The van der Waals surface area contributed by atoms with E-state index >= 15 is 0 Å². The molecule has 12 rings (SSSR count). The van der Waals surface area contributed by atoms with Crippen LogP contribution in [0.3, 0.4) is 0 Å². The van der Waals surface area contributed by atoms with Crippen molar-refractivity contribution in [1.29, 1.82) is 0 Å². The van der Waals surface area contributed by atoms with Crippen molar-refractivity contribution in [3.8, 4) is 67.5 Å². The first kappa shape index (κ1) is 62.0.